The van der Waals surface area contributed by atoms with E-state index in [2.05, 4.69) is 13.5 Å². The molecular weight excluding hydrogens is 400 g/mol. The smallest absolute Gasteiger partial charge is 0.343 e. The van der Waals surface area contributed by atoms with Gasteiger partial charge in [-0.05, 0) is 74.2 Å². The third-order valence-electron chi connectivity index (χ3n) is 5.21. The van der Waals surface area contributed by atoms with Crippen LogP contribution in [0.25, 0.3) is 0 Å². The molecule has 0 bridgehead atoms. The summed E-state index contributed by atoms with van der Waals surface area (Å²) in [6, 6.07) is 14.3. The molecule has 0 aliphatic carbocycles. The number of rotatable bonds is 17. The minimum atomic E-state index is -0.385. The van der Waals surface area contributed by atoms with Crippen LogP contribution in [0.2, 0.25) is 0 Å². The van der Waals surface area contributed by atoms with E-state index in [1.54, 1.807) is 24.3 Å². The van der Waals surface area contributed by atoms with Gasteiger partial charge in [0, 0.05) is 0 Å². The molecule has 0 aliphatic rings. The molecule has 0 atom stereocenters. The molecule has 32 heavy (non-hydrogen) atoms. The van der Waals surface area contributed by atoms with Gasteiger partial charge in [0.2, 0.25) is 0 Å². The van der Waals surface area contributed by atoms with Gasteiger partial charge in [-0.3, -0.25) is 0 Å². The van der Waals surface area contributed by atoms with Crippen LogP contribution >= 0.6 is 0 Å². The number of carbonyl (C=O) groups excluding carboxylic acids is 1. The Morgan fingerprint density at radius 1 is 0.719 bits per heavy atom. The first kappa shape index (κ1) is 25.5. The molecule has 0 aromatic heterocycles. The van der Waals surface area contributed by atoms with Gasteiger partial charge in [0.25, 0.3) is 0 Å². The Balaban J connectivity index is 1.63. The third-order valence-corrected chi connectivity index (χ3v) is 5.21. The van der Waals surface area contributed by atoms with E-state index < -0.39 is 0 Å². The fourth-order valence-electron chi connectivity index (χ4n) is 3.26. The van der Waals surface area contributed by atoms with E-state index in [0.29, 0.717) is 24.5 Å². The van der Waals surface area contributed by atoms with Crippen LogP contribution in [-0.4, -0.2) is 19.2 Å². The molecule has 2 aromatic rings. The number of benzene rings is 2. The number of esters is 1. The van der Waals surface area contributed by atoms with Crippen molar-refractivity contribution in [3.63, 3.8) is 0 Å². The maximum Gasteiger partial charge on any atom is 0.343 e. The van der Waals surface area contributed by atoms with E-state index in [4.69, 9.17) is 14.2 Å². The standard InChI is InChI=1S/C28H38O4/c1-3-5-7-8-9-10-11-12-13-23-31-25-16-14-24(15-17-25)28(29)32-27-20-18-26(19-21-27)30-22-6-4-2/h3,14-21H,1,4-13,22-23H2,2H3. The highest BCUT2D eigenvalue weighted by molar-refractivity contribution is 5.91. The average molecular weight is 439 g/mol. The monoisotopic (exact) mass is 438 g/mol. The van der Waals surface area contributed by atoms with Crippen molar-refractivity contribution in [1.82, 2.24) is 0 Å². The zero-order valence-electron chi connectivity index (χ0n) is 19.5. The number of allylic oxidation sites excluding steroid dienone is 1. The lowest BCUT2D eigenvalue weighted by molar-refractivity contribution is 0.0734. The summed E-state index contributed by atoms with van der Waals surface area (Å²) >= 11 is 0. The number of hydrogen-bond donors (Lipinski definition) is 0. The Labute approximate surface area is 193 Å². The van der Waals surface area contributed by atoms with Crippen LogP contribution < -0.4 is 14.2 Å². The molecule has 4 heteroatoms. The molecule has 0 aliphatic heterocycles. The van der Waals surface area contributed by atoms with Gasteiger partial charge in [0.15, 0.2) is 0 Å². The SMILES string of the molecule is C=CCCCCCCCCCOc1ccc(C(=O)Oc2ccc(OCCCC)cc2)cc1. The first-order valence-corrected chi connectivity index (χ1v) is 12.0. The molecule has 2 rings (SSSR count). The molecule has 0 saturated heterocycles. The molecule has 0 fully saturated rings. The van der Waals surface area contributed by atoms with Gasteiger partial charge in [0.1, 0.15) is 17.2 Å². The van der Waals surface area contributed by atoms with Crippen molar-refractivity contribution in [3.8, 4) is 17.2 Å². The minimum absolute atomic E-state index is 0.385. The Morgan fingerprint density at radius 3 is 1.81 bits per heavy atom. The van der Waals surface area contributed by atoms with Gasteiger partial charge >= 0.3 is 5.97 Å². The van der Waals surface area contributed by atoms with Crippen LogP contribution in [-0.2, 0) is 0 Å². The van der Waals surface area contributed by atoms with E-state index in [1.165, 1.54) is 38.5 Å². The van der Waals surface area contributed by atoms with E-state index in [0.717, 1.165) is 37.2 Å². The Bertz CT molecular complexity index is 765. The number of unbranched alkanes of at least 4 members (excludes halogenated alkanes) is 8. The van der Waals surface area contributed by atoms with E-state index in [9.17, 15) is 4.79 Å². The summed E-state index contributed by atoms with van der Waals surface area (Å²) in [7, 11) is 0. The highest BCUT2D eigenvalue weighted by Gasteiger charge is 2.09. The van der Waals surface area contributed by atoms with Crippen LogP contribution in [0.5, 0.6) is 17.2 Å². The van der Waals surface area contributed by atoms with Gasteiger partial charge < -0.3 is 14.2 Å². The molecule has 0 amide bonds. The van der Waals surface area contributed by atoms with Crippen LogP contribution in [0.1, 0.15) is 81.5 Å². The average Bonchev–Trinajstić information content (AvgIpc) is 2.82. The normalized spacial score (nSPS) is 10.5. The summed E-state index contributed by atoms with van der Waals surface area (Å²) in [5, 5.41) is 0. The van der Waals surface area contributed by atoms with Gasteiger partial charge in [-0.15, -0.1) is 6.58 Å². The summed E-state index contributed by atoms with van der Waals surface area (Å²) in [5.74, 6) is 1.67. The van der Waals surface area contributed by atoms with Crippen molar-refractivity contribution in [1.29, 1.82) is 0 Å². The first-order chi connectivity index (χ1) is 15.7. The zero-order valence-corrected chi connectivity index (χ0v) is 19.5. The number of hydrogen-bond acceptors (Lipinski definition) is 4. The maximum atomic E-state index is 12.4. The molecule has 4 nitrogen and oxygen atoms in total. The van der Waals surface area contributed by atoms with Crippen molar-refractivity contribution < 1.29 is 19.0 Å². The van der Waals surface area contributed by atoms with Gasteiger partial charge in [0.05, 0.1) is 18.8 Å². The molecule has 0 N–H and O–H groups in total. The zero-order chi connectivity index (χ0) is 22.9. The highest BCUT2D eigenvalue weighted by Crippen LogP contribution is 2.20. The summed E-state index contributed by atoms with van der Waals surface area (Å²) in [5.41, 5.74) is 0.497. The van der Waals surface area contributed by atoms with Crippen LogP contribution in [0.15, 0.2) is 61.2 Å². The van der Waals surface area contributed by atoms with Gasteiger partial charge in [-0.2, -0.15) is 0 Å². The molecular formula is C28H38O4. The predicted molar refractivity (Wildman–Crippen MR) is 131 cm³/mol. The summed E-state index contributed by atoms with van der Waals surface area (Å²) < 4.78 is 16.9. The lowest BCUT2D eigenvalue weighted by Crippen LogP contribution is -2.08. The fraction of sp³-hybridized carbons (Fsp3) is 0.464. The van der Waals surface area contributed by atoms with Crippen molar-refractivity contribution in [3.05, 3.63) is 66.7 Å². The van der Waals surface area contributed by atoms with Gasteiger partial charge in [-0.25, -0.2) is 4.79 Å². The molecule has 174 valence electrons. The second kappa shape index (κ2) is 16.0. The second-order valence-electron chi connectivity index (χ2n) is 7.99. The molecule has 0 unspecified atom stereocenters. The van der Waals surface area contributed by atoms with Crippen molar-refractivity contribution in [2.45, 2.75) is 71.1 Å². The molecule has 0 spiro atoms. The lowest BCUT2D eigenvalue weighted by Gasteiger charge is -2.09. The minimum Gasteiger partial charge on any atom is -0.494 e. The van der Waals surface area contributed by atoms with Crippen molar-refractivity contribution >= 4 is 5.97 Å². The van der Waals surface area contributed by atoms with Crippen molar-refractivity contribution in [2.75, 3.05) is 13.2 Å². The quantitative estimate of drug-likeness (QED) is 0.109. The van der Waals surface area contributed by atoms with E-state index in [1.807, 2.05) is 30.3 Å². The topological polar surface area (TPSA) is 44.8 Å². The number of ether oxygens (including phenoxy) is 3. The Morgan fingerprint density at radius 2 is 1.22 bits per heavy atom. The van der Waals surface area contributed by atoms with Crippen LogP contribution in [0.3, 0.4) is 0 Å². The van der Waals surface area contributed by atoms with E-state index >= 15 is 0 Å². The fourth-order valence-corrected chi connectivity index (χ4v) is 3.26. The second-order valence-corrected chi connectivity index (χ2v) is 7.99. The summed E-state index contributed by atoms with van der Waals surface area (Å²) in [4.78, 5) is 12.4. The van der Waals surface area contributed by atoms with Crippen LogP contribution in [0, 0.1) is 0 Å². The summed E-state index contributed by atoms with van der Waals surface area (Å²) in [6.45, 7) is 7.28. The lowest BCUT2D eigenvalue weighted by atomic mass is 10.1. The summed E-state index contributed by atoms with van der Waals surface area (Å²) in [6.07, 6.45) is 13.9. The van der Waals surface area contributed by atoms with Crippen molar-refractivity contribution in [2.24, 2.45) is 0 Å². The first-order valence-electron chi connectivity index (χ1n) is 12.0. The molecule has 0 saturated carbocycles. The molecule has 0 radical (unpaired) electrons. The molecule has 0 heterocycles. The maximum absolute atomic E-state index is 12.4. The largest absolute Gasteiger partial charge is 0.494 e. The van der Waals surface area contributed by atoms with Crippen LogP contribution in [0.4, 0.5) is 0 Å². The third kappa shape index (κ3) is 10.5. The number of carbonyl (C=O) groups is 1. The molecule has 2 aromatic carbocycles. The Kier molecular flexibility index (Phi) is 12.7. The van der Waals surface area contributed by atoms with E-state index in [-0.39, 0.29) is 5.97 Å². The Hall–Kier alpha value is -2.75. The predicted octanol–water partition coefficient (Wildman–Crippen LogP) is 7.77. The highest BCUT2D eigenvalue weighted by atomic mass is 16.5. The van der Waals surface area contributed by atoms with Gasteiger partial charge in [-0.1, -0.05) is 51.5 Å².